The second-order valence-corrected chi connectivity index (χ2v) is 5.20. The van der Waals surface area contributed by atoms with Gasteiger partial charge in [0.2, 0.25) is 5.91 Å². The SMILES string of the molecule is O=C(O)CCC(=O)Nc1ccc(N=Nc2ccc(O)c(C(=O)O)c2)cc1. The van der Waals surface area contributed by atoms with Crippen molar-refractivity contribution < 1.29 is 29.7 Å². The highest BCUT2D eigenvalue weighted by atomic mass is 16.4. The molecule has 0 saturated carbocycles. The summed E-state index contributed by atoms with van der Waals surface area (Å²) in [5.74, 6) is -3.09. The lowest BCUT2D eigenvalue weighted by Gasteiger charge is -2.04. The molecule has 0 aliphatic heterocycles. The summed E-state index contributed by atoms with van der Waals surface area (Å²) in [6, 6.07) is 10.1. The van der Waals surface area contributed by atoms with Gasteiger partial charge < -0.3 is 20.6 Å². The second kappa shape index (κ2) is 8.38. The molecule has 2 aromatic carbocycles. The van der Waals surface area contributed by atoms with Gasteiger partial charge in [0.1, 0.15) is 11.3 Å². The van der Waals surface area contributed by atoms with Crippen molar-refractivity contribution in [3.63, 3.8) is 0 Å². The molecule has 0 aromatic heterocycles. The van der Waals surface area contributed by atoms with Crippen molar-refractivity contribution >= 4 is 34.9 Å². The Morgan fingerprint density at radius 1 is 0.885 bits per heavy atom. The van der Waals surface area contributed by atoms with Gasteiger partial charge in [-0.2, -0.15) is 10.2 Å². The maximum absolute atomic E-state index is 11.5. The predicted octanol–water partition coefficient (Wildman–Crippen LogP) is 3.31. The zero-order valence-corrected chi connectivity index (χ0v) is 13.4. The minimum Gasteiger partial charge on any atom is -0.507 e. The standard InChI is InChI=1S/C17H15N3O6/c21-14-6-5-12(9-13(14)17(25)26)20-19-11-3-1-10(2-4-11)18-15(22)7-8-16(23)24/h1-6,9,21H,7-8H2,(H,18,22)(H,23,24)(H,25,26). The number of carbonyl (C=O) groups excluding carboxylic acids is 1. The van der Waals surface area contributed by atoms with E-state index in [1.165, 1.54) is 18.2 Å². The molecular weight excluding hydrogens is 342 g/mol. The highest BCUT2D eigenvalue weighted by Crippen LogP contribution is 2.25. The third-order valence-electron chi connectivity index (χ3n) is 3.21. The molecule has 4 N–H and O–H groups in total. The second-order valence-electron chi connectivity index (χ2n) is 5.20. The van der Waals surface area contributed by atoms with Gasteiger partial charge in [0, 0.05) is 12.1 Å². The summed E-state index contributed by atoms with van der Waals surface area (Å²) < 4.78 is 0. The van der Waals surface area contributed by atoms with Crippen molar-refractivity contribution in [1.82, 2.24) is 0 Å². The number of hydrogen-bond donors (Lipinski definition) is 4. The summed E-state index contributed by atoms with van der Waals surface area (Å²) in [6.45, 7) is 0. The molecule has 0 fully saturated rings. The number of aromatic carboxylic acids is 1. The number of amides is 1. The summed E-state index contributed by atoms with van der Waals surface area (Å²) in [4.78, 5) is 32.9. The van der Waals surface area contributed by atoms with Crippen molar-refractivity contribution in [2.24, 2.45) is 10.2 Å². The van der Waals surface area contributed by atoms with Crippen LogP contribution in [0.5, 0.6) is 5.75 Å². The van der Waals surface area contributed by atoms with Crippen molar-refractivity contribution in [3.8, 4) is 5.75 Å². The zero-order valence-electron chi connectivity index (χ0n) is 13.4. The van der Waals surface area contributed by atoms with Crippen molar-refractivity contribution in [2.45, 2.75) is 12.8 Å². The van der Waals surface area contributed by atoms with Gasteiger partial charge in [-0.15, -0.1) is 0 Å². The van der Waals surface area contributed by atoms with Crippen LogP contribution in [0.1, 0.15) is 23.2 Å². The normalized spacial score (nSPS) is 10.6. The molecule has 0 atom stereocenters. The van der Waals surface area contributed by atoms with Gasteiger partial charge in [-0.3, -0.25) is 9.59 Å². The molecule has 0 saturated heterocycles. The van der Waals surface area contributed by atoms with Crippen LogP contribution in [0.25, 0.3) is 0 Å². The molecule has 0 heterocycles. The van der Waals surface area contributed by atoms with Crippen LogP contribution in [0, 0.1) is 0 Å². The number of carboxylic acid groups (broad SMARTS) is 2. The lowest BCUT2D eigenvalue weighted by Crippen LogP contribution is -2.12. The molecule has 9 nitrogen and oxygen atoms in total. The number of azo groups is 1. The van der Waals surface area contributed by atoms with E-state index < -0.39 is 17.8 Å². The van der Waals surface area contributed by atoms with E-state index in [0.717, 1.165) is 0 Å². The van der Waals surface area contributed by atoms with Crippen LogP contribution in [0.2, 0.25) is 0 Å². The molecule has 1 amide bonds. The number of rotatable bonds is 7. The lowest BCUT2D eigenvalue weighted by atomic mass is 10.2. The molecule has 0 radical (unpaired) electrons. The van der Waals surface area contributed by atoms with Crippen LogP contribution in [0.15, 0.2) is 52.7 Å². The first kappa shape index (κ1) is 18.6. The monoisotopic (exact) mass is 357 g/mol. The minimum atomic E-state index is -1.28. The first-order chi connectivity index (χ1) is 12.3. The van der Waals surface area contributed by atoms with Gasteiger partial charge >= 0.3 is 11.9 Å². The van der Waals surface area contributed by atoms with Crippen LogP contribution in [-0.4, -0.2) is 33.2 Å². The fourth-order valence-corrected chi connectivity index (χ4v) is 1.93. The lowest BCUT2D eigenvalue weighted by molar-refractivity contribution is -0.138. The van der Waals surface area contributed by atoms with Gasteiger partial charge in [0.05, 0.1) is 17.8 Å². The highest BCUT2D eigenvalue weighted by molar-refractivity contribution is 5.92. The zero-order chi connectivity index (χ0) is 19.1. The quantitative estimate of drug-likeness (QED) is 0.559. The molecule has 2 aromatic rings. The number of aliphatic carboxylic acids is 1. The van der Waals surface area contributed by atoms with Gasteiger partial charge in [-0.25, -0.2) is 4.79 Å². The largest absolute Gasteiger partial charge is 0.507 e. The van der Waals surface area contributed by atoms with E-state index in [0.29, 0.717) is 11.4 Å². The number of carboxylic acids is 2. The average Bonchev–Trinajstić information content (AvgIpc) is 2.60. The van der Waals surface area contributed by atoms with Crippen molar-refractivity contribution in [1.29, 1.82) is 0 Å². The first-order valence-electron chi connectivity index (χ1n) is 7.45. The third-order valence-corrected chi connectivity index (χ3v) is 3.21. The van der Waals surface area contributed by atoms with Crippen molar-refractivity contribution in [2.75, 3.05) is 5.32 Å². The molecule has 0 unspecified atom stereocenters. The smallest absolute Gasteiger partial charge is 0.339 e. The highest BCUT2D eigenvalue weighted by Gasteiger charge is 2.10. The Bertz CT molecular complexity index is 861. The number of benzene rings is 2. The predicted molar refractivity (Wildman–Crippen MR) is 91.2 cm³/mol. The van der Waals surface area contributed by atoms with E-state index in [-0.39, 0.29) is 29.8 Å². The Morgan fingerprint density at radius 3 is 2.12 bits per heavy atom. The third kappa shape index (κ3) is 5.41. The number of anilines is 1. The molecule has 0 aliphatic rings. The Hall–Kier alpha value is -3.75. The summed E-state index contributed by atoms with van der Waals surface area (Å²) in [5, 5.41) is 37.3. The van der Waals surface area contributed by atoms with Crippen LogP contribution in [0.3, 0.4) is 0 Å². The number of nitrogens with zero attached hydrogens (tertiary/aromatic N) is 2. The average molecular weight is 357 g/mol. The molecule has 26 heavy (non-hydrogen) atoms. The Balaban J connectivity index is 2.01. The summed E-state index contributed by atoms with van der Waals surface area (Å²) >= 11 is 0. The van der Waals surface area contributed by atoms with Gasteiger partial charge in [0.15, 0.2) is 0 Å². The van der Waals surface area contributed by atoms with Gasteiger partial charge in [0.25, 0.3) is 0 Å². The fraction of sp³-hybridized carbons (Fsp3) is 0.118. The van der Waals surface area contributed by atoms with Crippen LogP contribution >= 0.6 is 0 Å². The van der Waals surface area contributed by atoms with E-state index in [2.05, 4.69) is 15.5 Å². The molecule has 134 valence electrons. The van der Waals surface area contributed by atoms with E-state index >= 15 is 0 Å². The van der Waals surface area contributed by atoms with E-state index in [9.17, 15) is 19.5 Å². The summed E-state index contributed by atoms with van der Waals surface area (Å²) in [6.07, 6.45) is -0.368. The number of carbonyl (C=O) groups is 3. The van der Waals surface area contributed by atoms with Crippen LogP contribution in [0.4, 0.5) is 17.1 Å². The van der Waals surface area contributed by atoms with E-state index in [4.69, 9.17) is 10.2 Å². The molecule has 2 rings (SSSR count). The number of nitrogens with one attached hydrogen (secondary N) is 1. The minimum absolute atomic E-state index is 0.121. The maximum atomic E-state index is 11.5. The molecule has 0 aliphatic carbocycles. The molecular formula is C17H15N3O6. The summed E-state index contributed by atoms with van der Waals surface area (Å²) in [5.41, 5.74) is 0.919. The Kier molecular flexibility index (Phi) is 5.99. The molecule has 0 bridgehead atoms. The Labute approximate surface area is 147 Å². The van der Waals surface area contributed by atoms with Gasteiger partial charge in [-0.1, -0.05) is 0 Å². The number of aromatic hydroxyl groups is 1. The number of phenols is 1. The maximum Gasteiger partial charge on any atom is 0.339 e. The summed E-state index contributed by atoms with van der Waals surface area (Å²) in [7, 11) is 0. The molecule has 0 spiro atoms. The Morgan fingerprint density at radius 2 is 1.50 bits per heavy atom. The van der Waals surface area contributed by atoms with Crippen LogP contribution in [-0.2, 0) is 9.59 Å². The van der Waals surface area contributed by atoms with Gasteiger partial charge in [-0.05, 0) is 42.5 Å². The molecule has 9 heteroatoms. The topological polar surface area (TPSA) is 149 Å². The van der Waals surface area contributed by atoms with Crippen molar-refractivity contribution in [3.05, 3.63) is 48.0 Å². The van der Waals surface area contributed by atoms with E-state index in [1.807, 2.05) is 0 Å². The first-order valence-corrected chi connectivity index (χ1v) is 7.45. The fourth-order valence-electron chi connectivity index (χ4n) is 1.93. The number of hydrogen-bond acceptors (Lipinski definition) is 6. The van der Waals surface area contributed by atoms with Crippen LogP contribution < -0.4 is 5.32 Å². The van der Waals surface area contributed by atoms with E-state index in [1.54, 1.807) is 24.3 Å².